The van der Waals surface area contributed by atoms with Crippen molar-refractivity contribution >= 4 is 45.0 Å². The molecule has 7 N–H and O–H groups in total. The summed E-state index contributed by atoms with van der Waals surface area (Å²) in [6.07, 6.45) is -4.77. The molecule has 0 aliphatic carbocycles. The number of hydrogen-bond donors (Lipinski definition) is 4. The van der Waals surface area contributed by atoms with Crippen LogP contribution in [0, 0.1) is 0 Å². The summed E-state index contributed by atoms with van der Waals surface area (Å²) in [6, 6.07) is 33.0. The molecule has 458 valence electrons. The van der Waals surface area contributed by atoms with Crippen molar-refractivity contribution in [3.05, 3.63) is 165 Å². The van der Waals surface area contributed by atoms with Gasteiger partial charge in [0.1, 0.15) is 23.0 Å². The minimum Gasteiger partial charge on any atom is -0.497 e. The van der Waals surface area contributed by atoms with E-state index in [0.717, 1.165) is 132 Å². The lowest BCUT2D eigenvalue weighted by atomic mass is 9.98. The first kappa shape index (κ1) is 62.5. The molecule has 1 atom stereocenters. The molecule has 86 heavy (non-hydrogen) atoms. The number of aromatic nitrogens is 2. The molecule has 0 bridgehead atoms. The molecule has 0 saturated carbocycles. The molecule has 1 unspecified atom stereocenters. The van der Waals surface area contributed by atoms with Gasteiger partial charge in [-0.3, -0.25) is 19.6 Å². The fourth-order valence-electron chi connectivity index (χ4n) is 11.8. The third-order valence-electron chi connectivity index (χ3n) is 16.2. The van der Waals surface area contributed by atoms with E-state index in [2.05, 4.69) is 79.9 Å². The maximum atomic E-state index is 13.3. The van der Waals surface area contributed by atoms with Crippen LogP contribution in [0.5, 0.6) is 23.0 Å². The predicted molar refractivity (Wildman–Crippen MR) is 326 cm³/mol. The van der Waals surface area contributed by atoms with Crippen LogP contribution in [0.25, 0.3) is 44.1 Å². The Labute approximate surface area is 506 Å². The van der Waals surface area contributed by atoms with E-state index in [9.17, 15) is 26.3 Å². The van der Waals surface area contributed by atoms with Crippen LogP contribution in [-0.4, -0.2) is 121 Å². The summed E-state index contributed by atoms with van der Waals surface area (Å²) < 4.78 is 104. The van der Waals surface area contributed by atoms with E-state index >= 15 is 0 Å². The van der Waals surface area contributed by atoms with Crippen molar-refractivity contribution < 1.29 is 45.3 Å². The highest BCUT2D eigenvalue weighted by Gasteiger charge is 2.33. The molecule has 10 rings (SSSR count). The molecule has 14 nitrogen and oxygen atoms in total. The van der Waals surface area contributed by atoms with Crippen molar-refractivity contribution in [2.45, 2.75) is 84.1 Å². The van der Waals surface area contributed by atoms with Crippen molar-refractivity contribution in [2.75, 3.05) is 73.1 Å². The van der Waals surface area contributed by atoms with Gasteiger partial charge in [-0.25, -0.2) is 0 Å². The molecule has 2 saturated heterocycles. The van der Waals surface area contributed by atoms with Crippen LogP contribution >= 0.6 is 23.2 Å². The highest BCUT2D eigenvalue weighted by molar-refractivity contribution is 6.32. The molecular weight excluding hydrogens is 1160 g/mol. The predicted octanol–water partition coefficient (Wildman–Crippen LogP) is 12.0. The Balaban J connectivity index is 0.814. The number of benzene rings is 6. The molecule has 0 spiro atoms. The van der Waals surface area contributed by atoms with E-state index in [1.807, 2.05) is 48.8 Å². The lowest BCUT2D eigenvalue weighted by molar-refractivity contribution is -0.275. The number of aryl methyl sites for hydroxylation is 2. The zero-order valence-corrected chi connectivity index (χ0v) is 49.6. The van der Waals surface area contributed by atoms with Crippen molar-refractivity contribution in [1.29, 1.82) is 0 Å². The summed E-state index contributed by atoms with van der Waals surface area (Å²) in [5.74, 6) is 0.704. The summed E-state index contributed by atoms with van der Waals surface area (Å²) in [6.45, 7) is 11.5. The number of alkyl halides is 6. The molecular formula is C64H72Cl2F6N10O4. The lowest BCUT2D eigenvalue weighted by Crippen LogP contribution is -2.45. The highest BCUT2D eigenvalue weighted by atomic mass is 35.5. The quantitative estimate of drug-likeness (QED) is 0.0259. The van der Waals surface area contributed by atoms with E-state index in [-0.39, 0.29) is 24.6 Å². The molecule has 2 aromatic heterocycles. The van der Waals surface area contributed by atoms with Crippen molar-refractivity contribution in [1.82, 2.24) is 34.1 Å². The van der Waals surface area contributed by atoms with Crippen molar-refractivity contribution in [2.24, 2.45) is 17.2 Å². The summed E-state index contributed by atoms with van der Waals surface area (Å²) in [5.41, 5.74) is 29.6. The second kappa shape index (κ2) is 27.6. The van der Waals surface area contributed by atoms with Gasteiger partial charge in [-0.2, -0.15) is 0 Å². The number of nitrogens with one attached hydrogen (secondary N) is 1. The number of fused-ring (bicyclic) bond motifs is 2. The highest BCUT2D eigenvalue weighted by Crippen LogP contribution is 2.39. The molecule has 4 heterocycles. The van der Waals surface area contributed by atoms with Crippen LogP contribution in [0.3, 0.4) is 0 Å². The fraction of sp³-hybridized carbons (Fsp3) is 0.375. The Morgan fingerprint density at radius 2 is 1.01 bits per heavy atom. The Hall–Kier alpha value is -6.56. The molecule has 0 radical (unpaired) electrons. The smallest absolute Gasteiger partial charge is 0.497 e. The number of piperazine rings is 2. The number of rotatable bonds is 24. The van der Waals surface area contributed by atoms with Crippen LogP contribution in [0.15, 0.2) is 122 Å². The minimum atomic E-state index is -4.86. The Morgan fingerprint density at radius 3 is 1.49 bits per heavy atom. The number of halogens is 8. The normalized spacial score (nSPS) is 15.5. The molecule has 2 fully saturated rings. The summed E-state index contributed by atoms with van der Waals surface area (Å²) in [4.78, 5) is 9.61. The second-order valence-corrected chi connectivity index (χ2v) is 22.8. The molecule has 8 aromatic rings. The van der Waals surface area contributed by atoms with Gasteiger partial charge in [0.15, 0.2) is 0 Å². The number of methoxy groups -OCH3 is 2. The number of nitrogens with two attached hydrogens (primary N) is 3. The SMILES string of the molecule is COc1ccc(CN2CCN(Cc3ccc4c(c3)c(-c3ccc(OC(F)(F)F)cc3CN)cn4CCC(N)NCCCn3cc(-c4ccc(OC(F)(F)F)cc4CN)c4cc(CN5CCN(Cc6cccc(OC)c6Cl)CC5)ccc43)CC2)c(Cl)c1. The van der Waals surface area contributed by atoms with Gasteiger partial charge < -0.3 is 50.6 Å². The Bertz CT molecular complexity index is 3620. The third-order valence-corrected chi connectivity index (χ3v) is 17.0. The van der Waals surface area contributed by atoms with Crippen molar-refractivity contribution in [3.8, 4) is 45.3 Å². The standard InChI is InChI=1S/C64H72Cl2F6N10O4/c1-83-48-10-9-44(57(65)33-48)38-79-25-21-77(22-26-79)37-43-8-16-59-54(30-43)56(52-14-12-50(32-47(52)35-74)86-64(70,71)72)41-82(59)20-17-61(75)76-18-4-19-81-40-55(51-13-11-49(31-46(51)34-73)85-63(67,68)69)53-29-42(7-15-58(53)81)36-78-23-27-80(28-24-78)39-45-5-3-6-60(84-2)62(45)66/h3,5-16,29-33,40-41,61,76H,4,17-28,34-39,73-75H2,1-2H3. The van der Waals surface area contributed by atoms with Gasteiger partial charge in [0.25, 0.3) is 0 Å². The summed E-state index contributed by atoms with van der Waals surface area (Å²) in [7, 11) is 3.23. The van der Waals surface area contributed by atoms with Gasteiger partial charge in [0, 0.05) is 155 Å². The minimum absolute atomic E-state index is 0.00401. The Morgan fingerprint density at radius 1 is 0.523 bits per heavy atom. The van der Waals surface area contributed by atoms with Gasteiger partial charge in [0.2, 0.25) is 0 Å². The zero-order chi connectivity index (χ0) is 60.7. The average molecular weight is 1230 g/mol. The maximum Gasteiger partial charge on any atom is 0.573 e. The third kappa shape index (κ3) is 15.6. The maximum absolute atomic E-state index is 13.3. The van der Waals surface area contributed by atoms with Gasteiger partial charge >= 0.3 is 12.7 Å². The van der Waals surface area contributed by atoms with Crippen molar-refractivity contribution in [3.63, 3.8) is 0 Å². The first-order valence-corrected chi connectivity index (χ1v) is 29.5. The van der Waals surface area contributed by atoms with Crippen LogP contribution < -0.4 is 41.5 Å². The first-order valence-electron chi connectivity index (χ1n) is 28.8. The van der Waals surface area contributed by atoms with Gasteiger partial charge in [0.05, 0.1) is 25.4 Å². The number of hydrogen-bond acceptors (Lipinski definition) is 12. The van der Waals surface area contributed by atoms with E-state index < -0.39 is 18.9 Å². The van der Waals surface area contributed by atoms with E-state index in [0.29, 0.717) is 78.1 Å². The largest absolute Gasteiger partial charge is 0.573 e. The van der Waals surface area contributed by atoms with Gasteiger partial charge in [-0.15, -0.1) is 26.3 Å². The molecule has 2 aliphatic heterocycles. The molecule has 22 heteroatoms. The van der Waals surface area contributed by atoms with Crippen LogP contribution in [0.4, 0.5) is 26.3 Å². The summed E-state index contributed by atoms with van der Waals surface area (Å²) in [5, 5.41) is 6.71. The van der Waals surface area contributed by atoms with E-state index in [4.69, 9.17) is 49.9 Å². The fourth-order valence-corrected chi connectivity index (χ4v) is 12.3. The number of nitrogens with zero attached hydrogens (tertiary/aromatic N) is 6. The average Bonchev–Trinajstić information content (AvgIpc) is 1.82. The molecule has 0 amide bonds. The van der Waals surface area contributed by atoms with Crippen LogP contribution in [0.1, 0.15) is 46.2 Å². The van der Waals surface area contributed by atoms with E-state index in [1.54, 1.807) is 26.4 Å². The van der Waals surface area contributed by atoms with E-state index in [1.165, 1.54) is 24.3 Å². The lowest BCUT2D eigenvalue weighted by Gasteiger charge is -2.35. The first-order chi connectivity index (χ1) is 41.3. The number of ether oxygens (including phenoxy) is 4. The Kier molecular flexibility index (Phi) is 20.1. The zero-order valence-electron chi connectivity index (χ0n) is 48.1. The van der Waals surface area contributed by atoms with Crippen LogP contribution in [-0.2, 0) is 52.4 Å². The van der Waals surface area contributed by atoms with Gasteiger partial charge in [-0.05, 0) is 131 Å². The van der Waals surface area contributed by atoms with Crippen LogP contribution in [0.2, 0.25) is 10.0 Å². The molecule has 2 aliphatic rings. The topological polar surface area (TPSA) is 150 Å². The van der Waals surface area contributed by atoms with Gasteiger partial charge in [-0.1, -0.05) is 65.7 Å². The second-order valence-electron chi connectivity index (χ2n) is 22.0. The monoisotopic (exact) mass is 1230 g/mol. The molecule has 6 aromatic carbocycles. The summed E-state index contributed by atoms with van der Waals surface area (Å²) >= 11 is 13.2.